The van der Waals surface area contributed by atoms with Crippen LogP contribution in [0.25, 0.3) is 0 Å². The highest BCUT2D eigenvalue weighted by atomic mass is 32.2. The van der Waals surface area contributed by atoms with E-state index in [1.165, 1.54) is 16.4 Å². The summed E-state index contributed by atoms with van der Waals surface area (Å²) in [5, 5.41) is 2.81. The Kier molecular flexibility index (Phi) is 6.48. The van der Waals surface area contributed by atoms with Crippen molar-refractivity contribution < 1.29 is 22.7 Å². The second kappa shape index (κ2) is 9.30. The molecule has 0 saturated carbocycles. The van der Waals surface area contributed by atoms with Crippen LogP contribution >= 0.6 is 0 Å². The molecule has 0 unspecified atom stereocenters. The summed E-state index contributed by atoms with van der Waals surface area (Å²) < 4.78 is 32.2. The Bertz CT molecular complexity index is 1080. The van der Waals surface area contributed by atoms with Gasteiger partial charge in [-0.3, -0.25) is 9.59 Å². The summed E-state index contributed by atoms with van der Waals surface area (Å²) >= 11 is 0. The van der Waals surface area contributed by atoms with Crippen LogP contribution in [-0.2, 0) is 19.6 Å². The van der Waals surface area contributed by atoms with E-state index in [9.17, 15) is 18.0 Å². The van der Waals surface area contributed by atoms with Gasteiger partial charge >= 0.3 is 0 Å². The van der Waals surface area contributed by atoms with Gasteiger partial charge in [0, 0.05) is 37.4 Å². The number of ether oxygens (including phenoxy) is 1. The first-order valence-corrected chi connectivity index (χ1v) is 12.2. The van der Waals surface area contributed by atoms with Crippen LogP contribution in [0.15, 0.2) is 53.4 Å². The number of hydrogen-bond acceptors (Lipinski definition) is 5. The number of rotatable bonds is 6. The van der Waals surface area contributed by atoms with Crippen LogP contribution in [-0.4, -0.2) is 51.3 Å². The lowest BCUT2D eigenvalue weighted by Gasteiger charge is -2.25. The Morgan fingerprint density at radius 2 is 1.66 bits per heavy atom. The Labute approximate surface area is 188 Å². The predicted molar refractivity (Wildman–Crippen MR) is 121 cm³/mol. The van der Waals surface area contributed by atoms with Crippen LogP contribution in [0.5, 0.6) is 5.75 Å². The number of piperidine rings is 1. The molecule has 1 N–H and O–H groups in total. The molecule has 2 aromatic rings. The molecule has 2 fully saturated rings. The Morgan fingerprint density at radius 3 is 2.28 bits per heavy atom. The smallest absolute Gasteiger partial charge is 0.243 e. The fourth-order valence-electron chi connectivity index (χ4n) is 4.10. The molecule has 0 radical (unpaired) electrons. The van der Waals surface area contributed by atoms with E-state index in [2.05, 4.69) is 5.32 Å². The van der Waals surface area contributed by atoms with Gasteiger partial charge in [0.1, 0.15) is 5.75 Å². The van der Waals surface area contributed by atoms with E-state index in [1.807, 2.05) is 0 Å². The zero-order valence-corrected chi connectivity index (χ0v) is 18.8. The molecule has 2 saturated heterocycles. The summed E-state index contributed by atoms with van der Waals surface area (Å²) in [6.07, 6.45) is 2.93. The number of nitrogens with one attached hydrogen (secondary N) is 1. The second-order valence-corrected chi connectivity index (χ2v) is 10.0. The summed E-state index contributed by atoms with van der Waals surface area (Å²) in [6, 6.07) is 13.3. The van der Waals surface area contributed by atoms with Crippen molar-refractivity contribution in [3.8, 4) is 5.75 Å². The van der Waals surface area contributed by atoms with Crippen LogP contribution in [0.3, 0.4) is 0 Å². The van der Waals surface area contributed by atoms with Crippen LogP contribution in [0.1, 0.15) is 25.7 Å². The zero-order chi connectivity index (χ0) is 22.7. The van der Waals surface area contributed by atoms with Gasteiger partial charge in [0.15, 0.2) is 0 Å². The highest BCUT2D eigenvalue weighted by Crippen LogP contribution is 2.28. The molecule has 1 atom stereocenters. The number of sulfonamides is 1. The minimum Gasteiger partial charge on any atom is -0.497 e. The van der Waals surface area contributed by atoms with Gasteiger partial charge in [-0.1, -0.05) is 6.42 Å². The highest BCUT2D eigenvalue weighted by molar-refractivity contribution is 7.89. The van der Waals surface area contributed by atoms with Crippen molar-refractivity contribution in [1.29, 1.82) is 0 Å². The number of hydrogen-bond donors (Lipinski definition) is 1. The largest absolute Gasteiger partial charge is 0.497 e. The molecule has 2 aromatic carbocycles. The Morgan fingerprint density at radius 1 is 1.00 bits per heavy atom. The van der Waals surface area contributed by atoms with Crippen molar-refractivity contribution >= 4 is 33.2 Å². The molecule has 2 aliphatic heterocycles. The molecule has 0 bridgehead atoms. The van der Waals surface area contributed by atoms with Crippen LogP contribution in [0.2, 0.25) is 0 Å². The maximum atomic E-state index is 12.8. The number of carbonyl (C=O) groups excluding carboxylic acids is 2. The molecule has 4 rings (SSSR count). The molecule has 2 heterocycles. The van der Waals surface area contributed by atoms with E-state index in [-0.39, 0.29) is 23.1 Å². The number of carbonyl (C=O) groups is 2. The molecule has 0 aliphatic carbocycles. The monoisotopic (exact) mass is 457 g/mol. The lowest BCUT2D eigenvalue weighted by atomic mass is 10.1. The average Bonchev–Trinajstić information content (AvgIpc) is 3.22. The third-order valence-corrected chi connectivity index (χ3v) is 7.87. The SMILES string of the molecule is COc1ccc(N2C[C@@H](C(=O)Nc3ccc(S(=O)(=O)N4CCCCC4)cc3)CC2=O)cc1. The first kappa shape index (κ1) is 22.3. The third-order valence-electron chi connectivity index (χ3n) is 5.95. The quantitative estimate of drug-likeness (QED) is 0.720. The fraction of sp³-hybridized carbons (Fsp3) is 0.391. The van der Waals surface area contributed by atoms with Gasteiger partial charge in [-0.2, -0.15) is 4.31 Å². The third kappa shape index (κ3) is 4.63. The number of methoxy groups -OCH3 is 1. The topological polar surface area (TPSA) is 96.0 Å². The van der Waals surface area contributed by atoms with Crippen LogP contribution in [0, 0.1) is 5.92 Å². The zero-order valence-electron chi connectivity index (χ0n) is 18.0. The molecule has 0 spiro atoms. The van der Waals surface area contributed by atoms with E-state index in [0.717, 1.165) is 24.9 Å². The maximum absolute atomic E-state index is 12.8. The molecular formula is C23H27N3O5S. The van der Waals surface area contributed by atoms with E-state index in [1.54, 1.807) is 48.4 Å². The van der Waals surface area contributed by atoms with E-state index in [4.69, 9.17) is 4.74 Å². The molecule has 0 aromatic heterocycles. The average molecular weight is 458 g/mol. The van der Waals surface area contributed by atoms with Gasteiger partial charge in [-0.15, -0.1) is 0 Å². The van der Waals surface area contributed by atoms with Crippen LogP contribution < -0.4 is 15.0 Å². The van der Waals surface area contributed by atoms with Crippen LogP contribution in [0.4, 0.5) is 11.4 Å². The first-order chi connectivity index (χ1) is 15.4. The van der Waals surface area contributed by atoms with Gasteiger partial charge in [0.2, 0.25) is 21.8 Å². The Balaban J connectivity index is 1.39. The van der Waals surface area contributed by atoms with E-state index in [0.29, 0.717) is 31.1 Å². The van der Waals surface area contributed by atoms with Gasteiger partial charge < -0.3 is 15.0 Å². The summed E-state index contributed by atoms with van der Waals surface area (Å²) in [6.45, 7) is 1.38. The summed E-state index contributed by atoms with van der Waals surface area (Å²) in [7, 11) is -1.94. The van der Waals surface area contributed by atoms with Crippen molar-refractivity contribution in [2.45, 2.75) is 30.6 Å². The van der Waals surface area contributed by atoms with Crippen molar-refractivity contribution in [3.63, 3.8) is 0 Å². The lowest BCUT2D eigenvalue weighted by molar-refractivity contribution is -0.122. The molecule has 9 heteroatoms. The maximum Gasteiger partial charge on any atom is 0.243 e. The number of nitrogens with zero attached hydrogens (tertiary/aromatic N) is 2. The normalized spacial score (nSPS) is 19.7. The standard InChI is InChI=1S/C23H27N3O5S/c1-31-20-9-7-19(8-10-20)26-16-17(15-22(26)27)23(28)24-18-5-11-21(12-6-18)32(29,30)25-13-3-2-4-14-25/h5-12,17H,2-4,13-16H2,1H3,(H,24,28)/t17-/m0/s1. The molecule has 2 aliphatic rings. The van der Waals surface area contributed by atoms with Gasteiger partial charge in [0.05, 0.1) is 17.9 Å². The highest BCUT2D eigenvalue weighted by Gasteiger charge is 2.35. The minimum atomic E-state index is -3.51. The number of amides is 2. The molecular weight excluding hydrogens is 430 g/mol. The molecule has 8 nitrogen and oxygen atoms in total. The van der Waals surface area contributed by atoms with E-state index >= 15 is 0 Å². The number of benzene rings is 2. The van der Waals surface area contributed by atoms with Gasteiger partial charge in [-0.05, 0) is 61.4 Å². The molecule has 170 valence electrons. The van der Waals surface area contributed by atoms with Crippen molar-refractivity contribution in [2.75, 3.05) is 37.0 Å². The van der Waals surface area contributed by atoms with Gasteiger partial charge in [0.25, 0.3) is 0 Å². The van der Waals surface area contributed by atoms with Crippen molar-refractivity contribution in [3.05, 3.63) is 48.5 Å². The van der Waals surface area contributed by atoms with Gasteiger partial charge in [-0.25, -0.2) is 8.42 Å². The summed E-state index contributed by atoms with van der Waals surface area (Å²) in [5.41, 5.74) is 1.22. The molecule has 32 heavy (non-hydrogen) atoms. The minimum absolute atomic E-state index is 0.113. The van der Waals surface area contributed by atoms with E-state index < -0.39 is 15.9 Å². The van der Waals surface area contributed by atoms with Crippen molar-refractivity contribution in [2.24, 2.45) is 5.92 Å². The first-order valence-electron chi connectivity index (χ1n) is 10.7. The Hall–Kier alpha value is -2.91. The van der Waals surface area contributed by atoms with Crippen molar-refractivity contribution in [1.82, 2.24) is 4.31 Å². The summed E-state index contributed by atoms with van der Waals surface area (Å²) in [4.78, 5) is 27.0. The number of anilines is 2. The molecule has 2 amide bonds. The predicted octanol–water partition coefficient (Wildman–Crippen LogP) is 2.86. The second-order valence-electron chi connectivity index (χ2n) is 8.08. The lowest BCUT2D eigenvalue weighted by Crippen LogP contribution is -2.35. The fourth-order valence-corrected chi connectivity index (χ4v) is 5.62. The summed E-state index contributed by atoms with van der Waals surface area (Å²) in [5.74, 6) is -0.166.